The third-order valence-electron chi connectivity index (χ3n) is 6.78. The Labute approximate surface area is 209 Å². The van der Waals surface area contributed by atoms with Crippen LogP contribution in [0.3, 0.4) is 0 Å². The fourth-order valence-corrected chi connectivity index (χ4v) is 4.56. The summed E-state index contributed by atoms with van der Waals surface area (Å²) in [6.45, 7) is 7.96. The van der Waals surface area contributed by atoms with Gasteiger partial charge in [0.1, 0.15) is 23.2 Å². The number of rotatable bonds is 11. The van der Waals surface area contributed by atoms with E-state index in [2.05, 4.69) is 39.8 Å². The van der Waals surface area contributed by atoms with Crippen molar-refractivity contribution in [1.29, 1.82) is 0 Å². The highest BCUT2D eigenvalue weighted by Crippen LogP contribution is 2.41. The zero-order chi connectivity index (χ0) is 25.6. The molecule has 0 aromatic heterocycles. The third kappa shape index (κ3) is 7.08. The number of aliphatic hydroxyl groups is 4. The molecule has 1 aromatic carbocycles. The van der Waals surface area contributed by atoms with Crippen LogP contribution < -0.4 is 9.47 Å². The minimum atomic E-state index is -1.61. The molecule has 0 spiro atoms. The van der Waals surface area contributed by atoms with Crippen LogP contribution >= 0.6 is 0 Å². The zero-order valence-electron chi connectivity index (χ0n) is 21.4. The van der Waals surface area contributed by atoms with Gasteiger partial charge in [-0.1, -0.05) is 37.8 Å². The summed E-state index contributed by atoms with van der Waals surface area (Å²) in [4.78, 5) is 0. The minimum Gasteiger partial charge on any atom is -0.483 e. The molecule has 2 unspecified atom stereocenters. The van der Waals surface area contributed by atoms with E-state index in [4.69, 9.17) is 14.2 Å². The number of hydrogen-bond acceptors (Lipinski definition) is 7. The summed E-state index contributed by atoms with van der Waals surface area (Å²) in [7, 11) is 0. The molecule has 4 N–H and O–H groups in total. The molecule has 0 aliphatic carbocycles. The van der Waals surface area contributed by atoms with E-state index in [1.165, 1.54) is 12.0 Å². The van der Waals surface area contributed by atoms with Crippen LogP contribution in [-0.2, 0) is 11.2 Å². The Kier molecular flexibility index (Phi) is 9.78. The van der Waals surface area contributed by atoms with E-state index in [0.29, 0.717) is 11.5 Å². The Morgan fingerprint density at radius 1 is 1.11 bits per heavy atom. The average Bonchev–Trinajstić information content (AvgIpc) is 2.80. The van der Waals surface area contributed by atoms with Crippen LogP contribution in [0.5, 0.6) is 11.5 Å². The van der Waals surface area contributed by atoms with Crippen LogP contribution in [0.1, 0.15) is 77.3 Å². The lowest BCUT2D eigenvalue weighted by Crippen LogP contribution is -2.57. The normalized spacial score (nSPS) is 29.9. The molecule has 35 heavy (non-hydrogen) atoms. The van der Waals surface area contributed by atoms with Gasteiger partial charge in [0.05, 0.1) is 24.2 Å². The lowest BCUT2D eigenvalue weighted by atomic mass is 9.93. The van der Waals surface area contributed by atoms with Gasteiger partial charge in [-0.3, -0.25) is 0 Å². The maximum atomic E-state index is 10.3. The Hall–Kier alpha value is -1.90. The summed E-state index contributed by atoms with van der Waals surface area (Å²) < 4.78 is 18.1. The van der Waals surface area contributed by atoms with Gasteiger partial charge >= 0.3 is 0 Å². The van der Waals surface area contributed by atoms with Crippen LogP contribution in [-0.4, -0.2) is 57.4 Å². The molecule has 0 radical (unpaired) electrons. The van der Waals surface area contributed by atoms with Crippen molar-refractivity contribution < 1.29 is 34.6 Å². The number of unbranched alkanes of at least 4 members (excludes halogenated alkanes) is 3. The first kappa shape index (κ1) is 27.7. The second-order valence-electron chi connectivity index (χ2n) is 10.2. The standard InChI is InChI=1S/C28H42O7/c1-5-6-7-8-11-19-15-22(33-27-21(17-29)24(30)25(31)26(32)34-27)20-12-14-28(4,35-23(20)16-19)13-9-10-18(2)3/h10,12,14-16,21,24-27,29-32H,5-9,11,13,17H2,1-4H3/t21-,24-,25+,26+,27?,28?/m1/s1. The summed E-state index contributed by atoms with van der Waals surface area (Å²) in [5.74, 6) is 0.294. The van der Waals surface area contributed by atoms with E-state index >= 15 is 0 Å². The summed E-state index contributed by atoms with van der Waals surface area (Å²) in [6, 6.07) is 4.00. The van der Waals surface area contributed by atoms with Gasteiger partial charge in [-0.15, -0.1) is 0 Å². The zero-order valence-corrected chi connectivity index (χ0v) is 21.4. The van der Waals surface area contributed by atoms with E-state index in [9.17, 15) is 20.4 Å². The summed E-state index contributed by atoms with van der Waals surface area (Å²) >= 11 is 0. The Morgan fingerprint density at radius 3 is 2.57 bits per heavy atom. The molecule has 0 saturated carbocycles. The molecule has 2 aliphatic heterocycles. The van der Waals surface area contributed by atoms with Gasteiger partial charge in [-0.2, -0.15) is 0 Å². The highest BCUT2D eigenvalue weighted by atomic mass is 16.7. The van der Waals surface area contributed by atoms with Gasteiger partial charge < -0.3 is 34.6 Å². The maximum Gasteiger partial charge on any atom is 0.210 e. The van der Waals surface area contributed by atoms with E-state index in [0.717, 1.165) is 49.7 Å². The van der Waals surface area contributed by atoms with Crippen molar-refractivity contribution in [2.45, 2.75) is 103 Å². The van der Waals surface area contributed by atoms with Crippen molar-refractivity contribution in [3.63, 3.8) is 0 Å². The van der Waals surface area contributed by atoms with Crippen molar-refractivity contribution >= 4 is 6.08 Å². The van der Waals surface area contributed by atoms with Crippen molar-refractivity contribution in [3.8, 4) is 11.5 Å². The van der Waals surface area contributed by atoms with Crippen LogP contribution in [0, 0.1) is 5.92 Å². The quantitative estimate of drug-likeness (QED) is 0.273. The molecule has 2 heterocycles. The van der Waals surface area contributed by atoms with Gasteiger partial charge in [-0.25, -0.2) is 0 Å². The second-order valence-corrected chi connectivity index (χ2v) is 10.2. The van der Waals surface area contributed by atoms with Crippen LogP contribution in [0.2, 0.25) is 0 Å². The number of fused-ring (bicyclic) bond motifs is 1. The van der Waals surface area contributed by atoms with Gasteiger partial charge in [0.2, 0.25) is 6.29 Å². The minimum absolute atomic E-state index is 0.456. The number of hydrogen-bond donors (Lipinski definition) is 4. The molecule has 196 valence electrons. The molecule has 3 rings (SSSR count). The predicted molar refractivity (Wildman–Crippen MR) is 135 cm³/mol. The fourth-order valence-electron chi connectivity index (χ4n) is 4.56. The van der Waals surface area contributed by atoms with Crippen LogP contribution in [0.25, 0.3) is 6.08 Å². The molecule has 7 nitrogen and oxygen atoms in total. The summed E-state index contributed by atoms with van der Waals surface area (Å²) in [6.07, 6.45) is 7.70. The lowest BCUT2D eigenvalue weighted by Gasteiger charge is -2.40. The van der Waals surface area contributed by atoms with E-state index < -0.39 is 42.9 Å². The van der Waals surface area contributed by atoms with Crippen molar-refractivity contribution in [2.24, 2.45) is 5.92 Å². The number of aryl methyl sites for hydroxylation is 1. The molecular formula is C28H42O7. The molecule has 1 fully saturated rings. The van der Waals surface area contributed by atoms with Gasteiger partial charge in [0.25, 0.3) is 0 Å². The first-order chi connectivity index (χ1) is 16.7. The second kappa shape index (κ2) is 12.4. The molecule has 1 aromatic rings. The van der Waals surface area contributed by atoms with E-state index in [-0.39, 0.29) is 0 Å². The van der Waals surface area contributed by atoms with Gasteiger partial charge in [0, 0.05) is 0 Å². The molecule has 0 amide bonds. The van der Waals surface area contributed by atoms with Crippen molar-refractivity contribution in [2.75, 3.05) is 6.61 Å². The van der Waals surface area contributed by atoms with Crippen molar-refractivity contribution in [1.82, 2.24) is 0 Å². The average molecular weight is 491 g/mol. The summed E-state index contributed by atoms with van der Waals surface area (Å²) in [5.41, 5.74) is 2.63. The molecular weight excluding hydrogens is 448 g/mol. The monoisotopic (exact) mass is 490 g/mol. The van der Waals surface area contributed by atoms with Crippen molar-refractivity contribution in [3.05, 3.63) is 41.0 Å². The van der Waals surface area contributed by atoms with E-state index in [1.807, 2.05) is 18.2 Å². The Bertz CT molecular complexity index is 892. The van der Waals surface area contributed by atoms with Gasteiger partial charge in [-0.05, 0) is 76.3 Å². The number of allylic oxidation sites excluding steroid dienone is 2. The fraction of sp³-hybridized carbons (Fsp3) is 0.643. The smallest absolute Gasteiger partial charge is 0.210 e. The first-order valence-electron chi connectivity index (χ1n) is 12.8. The Morgan fingerprint density at radius 2 is 1.89 bits per heavy atom. The van der Waals surface area contributed by atoms with Gasteiger partial charge in [0.15, 0.2) is 6.29 Å². The molecule has 2 aliphatic rings. The topological polar surface area (TPSA) is 109 Å². The van der Waals surface area contributed by atoms with E-state index in [1.54, 1.807) is 0 Å². The number of ether oxygens (including phenoxy) is 3. The highest BCUT2D eigenvalue weighted by Gasteiger charge is 2.45. The lowest BCUT2D eigenvalue weighted by molar-refractivity contribution is -0.312. The van der Waals surface area contributed by atoms with Crippen LogP contribution in [0.4, 0.5) is 0 Å². The molecule has 0 bridgehead atoms. The number of aliphatic hydroxyl groups excluding tert-OH is 4. The molecule has 1 saturated heterocycles. The highest BCUT2D eigenvalue weighted by molar-refractivity contribution is 5.68. The predicted octanol–water partition coefficient (Wildman–Crippen LogP) is 4.10. The largest absolute Gasteiger partial charge is 0.483 e. The first-order valence-corrected chi connectivity index (χ1v) is 12.8. The number of benzene rings is 1. The Balaban J connectivity index is 1.88. The maximum absolute atomic E-state index is 10.3. The molecule has 6 atom stereocenters. The third-order valence-corrected chi connectivity index (χ3v) is 6.78. The van der Waals surface area contributed by atoms with Crippen LogP contribution in [0.15, 0.2) is 29.9 Å². The summed E-state index contributed by atoms with van der Waals surface area (Å²) in [5, 5.41) is 40.1. The molecule has 7 heteroatoms. The SMILES string of the molecule is CCCCCCc1cc(OC2O[C@H](O)[C@@H](O)[C@H](O)[C@H]2CO)c2c(c1)OC(C)(CCC=C(C)C)C=C2.